The lowest BCUT2D eigenvalue weighted by Gasteiger charge is -2.06. The molecular formula is C10H17N3O2. The fourth-order valence-corrected chi connectivity index (χ4v) is 1.18. The highest BCUT2D eigenvalue weighted by Gasteiger charge is 1.96. The van der Waals surface area contributed by atoms with Crippen molar-refractivity contribution < 1.29 is 4.74 Å². The van der Waals surface area contributed by atoms with Crippen molar-refractivity contribution in [3.05, 3.63) is 28.4 Å². The summed E-state index contributed by atoms with van der Waals surface area (Å²) in [5.74, 6) is 0. The van der Waals surface area contributed by atoms with E-state index in [1.54, 1.807) is 18.0 Å². The van der Waals surface area contributed by atoms with E-state index in [9.17, 15) is 4.79 Å². The number of methoxy groups -OCH3 is 1. The van der Waals surface area contributed by atoms with Gasteiger partial charge in [-0.25, -0.2) is 4.98 Å². The SMILES string of the molecule is COCCNCCn1cnc(C)cc1=O. The van der Waals surface area contributed by atoms with Gasteiger partial charge < -0.3 is 10.1 Å². The molecule has 0 atom stereocenters. The first-order chi connectivity index (χ1) is 7.24. The van der Waals surface area contributed by atoms with Crippen molar-refractivity contribution in [3.8, 4) is 0 Å². The summed E-state index contributed by atoms with van der Waals surface area (Å²) in [6.07, 6.45) is 1.58. The van der Waals surface area contributed by atoms with E-state index in [4.69, 9.17) is 4.74 Å². The first-order valence-electron chi connectivity index (χ1n) is 4.97. The Morgan fingerprint density at radius 1 is 1.53 bits per heavy atom. The summed E-state index contributed by atoms with van der Waals surface area (Å²) in [7, 11) is 1.66. The minimum atomic E-state index is -0.00367. The van der Waals surface area contributed by atoms with E-state index in [1.807, 2.05) is 6.92 Å². The third-order valence-electron chi connectivity index (χ3n) is 2.03. The Balaban J connectivity index is 2.34. The van der Waals surface area contributed by atoms with Gasteiger partial charge in [-0.1, -0.05) is 0 Å². The van der Waals surface area contributed by atoms with E-state index >= 15 is 0 Å². The Labute approximate surface area is 89.1 Å². The van der Waals surface area contributed by atoms with Crippen LogP contribution in [-0.2, 0) is 11.3 Å². The Bertz CT molecular complexity index is 349. The highest BCUT2D eigenvalue weighted by molar-refractivity contribution is 4.95. The summed E-state index contributed by atoms with van der Waals surface area (Å²) < 4.78 is 6.48. The average Bonchev–Trinajstić information content (AvgIpc) is 2.20. The molecular weight excluding hydrogens is 194 g/mol. The lowest BCUT2D eigenvalue weighted by molar-refractivity contribution is 0.199. The molecule has 84 valence electrons. The molecule has 0 fully saturated rings. The minimum Gasteiger partial charge on any atom is -0.383 e. The molecule has 1 N–H and O–H groups in total. The zero-order valence-electron chi connectivity index (χ0n) is 9.19. The van der Waals surface area contributed by atoms with Crippen LogP contribution >= 0.6 is 0 Å². The summed E-state index contributed by atoms with van der Waals surface area (Å²) in [4.78, 5) is 15.5. The maximum Gasteiger partial charge on any atom is 0.253 e. The number of aromatic nitrogens is 2. The Hall–Kier alpha value is -1.20. The maximum absolute atomic E-state index is 11.4. The second kappa shape index (κ2) is 6.31. The number of hydrogen-bond donors (Lipinski definition) is 1. The number of nitrogens with zero attached hydrogens (tertiary/aromatic N) is 2. The molecule has 0 bridgehead atoms. The van der Waals surface area contributed by atoms with Gasteiger partial charge in [0.25, 0.3) is 5.56 Å². The fraction of sp³-hybridized carbons (Fsp3) is 0.600. The fourth-order valence-electron chi connectivity index (χ4n) is 1.18. The highest BCUT2D eigenvalue weighted by atomic mass is 16.5. The minimum absolute atomic E-state index is 0.00367. The monoisotopic (exact) mass is 211 g/mol. The van der Waals surface area contributed by atoms with Crippen LogP contribution in [0.4, 0.5) is 0 Å². The van der Waals surface area contributed by atoms with Crippen LogP contribution in [0.2, 0.25) is 0 Å². The van der Waals surface area contributed by atoms with Crippen LogP contribution in [0, 0.1) is 6.92 Å². The van der Waals surface area contributed by atoms with Crippen LogP contribution in [0.25, 0.3) is 0 Å². The molecule has 0 amide bonds. The molecule has 1 rings (SSSR count). The Morgan fingerprint density at radius 3 is 3.00 bits per heavy atom. The summed E-state index contributed by atoms with van der Waals surface area (Å²) >= 11 is 0. The third-order valence-corrected chi connectivity index (χ3v) is 2.03. The van der Waals surface area contributed by atoms with Crippen LogP contribution in [-0.4, -0.2) is 36.4 Å². The normalized spacial score (nSPS) is 10.5. The lowest BCUT2D eigenvalue weighted by Crippen LogP contribution is -2.28. The molecule has 15 heavy (non-hydrogen) atoms. The molecule has 1 aromatic heterocycles. The number of nitrogens with one attached hydrogen (secondary N) is 1. The van der Waals surface area contributed by atoms with Crippen LogP contribution in [0.1, 0.15) is 5.69 Å². The molecule has 0 saturated heterocycles. The predicted molar refractivity (Wildman–Crippen MR) is 58.0 cm³/mol. The molecule has 0 aliphatic heterocycles. The van der Waals surface area contributed by atoms with Crippen molar-refractivity contribution in [3.63, 3.8) is 0 Å². The predicted octanol–water partition coefficient (Wildman–Crippen LogP) is -0.212. The van der Waals surface area contributed by atoms with Gasteiger partial charge in [0.05, 0.1) is 12.9 Å². The van der Waals surface area contributed by atoms with E-state index < -0.39 is 0 Å². The van der Waals surface area contributed by atoms with Gasteiger partial charge in [0.15, 0.2) is 0 Å². The van der Waals surface area contributed by atoms with Crippen molar-refractivity contribution in [1.82, 2.24) is 14.9 Å². The summed E-state index contributed by atoms with van der Waals surface area (Å²) in [5, 5.41) is 3.16. The molecule has 5 heteroatoms. The van der Waals surface area contributed by atoms with Gasteiger partial charge in [-0.05, 0) is 6.92 Å². The molecule has 5 nitrogen and oxygen atoms in total. The topological polar surface area (TPSA) is 56.1 Å². The zero-order chi connectivity index (χ0) is 11.1. The van der Waals surface area contributed by atoms with Gasteiger partial charge >= 0.3 is 0 Å². The largest absolute Gasteiger partial charge is 0.383 e. The van der Waals surface area contributed by atoms with E-state index in [-0.39, 0.29) is 5.56 Å². The molecule has 0 saturated carbocycles. The van der Waals surface area contributed by atoms with Crippen LogP contribution in [0.3, 0.4) is 0 Å². The number of ether oxygens (including phenoxy) is 1. The lowest BCUT2D eigenvalue weighted by atomic mass is 10.4. The van der Waals surface area contributed by atoms with Gasteiger partial charge in [-0.3, -0.25) is 9.36 Å². The van der Waals surface area contributed by atoms with Crippen molar-refractivity contribution in [2.45, 2.75) is 13.5 Å². The molecule has 0 aromatic carbocycles. The number of rotatable bonds is 6. The molecule has 0 spiro atoms. The molecule has 1 aromatic rings. The molecule has 0 aliphatic rings. The van der Waals surface area contributed by atoms with Crippen LogP contribution in [0.15, 0.2) is 17.2 Å². The zero-order valence-corrected chi connectivity index (χ0v) is 9.19. The second-order valence-corrected chi connectivity index (χ2v) is 3.30. The van der Waals surface area contributed by atoms with E-state index in [0.717, 1.165) is 18.8 Å². The second-order valence-electron chi connectivity index (χ2n) is 3.30. The maximum atomic E-state index is 11.4. The van der Waals surface area contributed by atoms with Crippen molar-refractivity contribution >= 4 is 0 Å². The Kier molecular flexibility index (Phi) is 5.00. The van der Waals surface area contributed by atoms with Gasteiger partial charge in [-0.2, -0.15) is 0 Å². The van der Waals surface area contributed by atoms with Crippen molar-refractivity contribution in [2.75, 3.05) is 26.8 Å². The number of aryl methyl sites for hydroxylation is 1. The third kappa shape index (κ3) is 4.22. The van der Waals surface area contributed by atoms with Crippen LogP contribution in [0.5, 0.6) is 0 Å². The van der Waals surface area contributed by atoms with E-state index in [2.05, 4.69) is 10.3 Å². The van der Waals surface area contributed by atoms with Gasteiger partial charge in [0, 0.05) is 38.5 Å². The first kappa shape index (κ1) is 11.9. The molecule has 0 radical (unpaired) electrons. The standard InChI is InChI=1S/C10H17N3O2/c1-9-7-10(14)13(8-12-9)5-3-11-4-6-15-2/h7-8,11H,3-6H2,1-2H3. The Morgan fingerprint density at radius 2 is 2.33 bits per heavy atom. The smallest absolute Gasteiger partial charge is 0.253 e. The number of hydrogen-bond acceptors (Lipinski definition) is 4. The van der Waals surface area contributed by atoms with Crippen molar-refractivity contribution in [1.29, 1.82) is 0 Å². The van der Waals surface area contributed by atoms with Gasteiger partial charge in [0.1, 0.15) is 0 Å². The molecule has 1 heterocycles. The van der Waals surface area contributed by atoms with Crippen LogP contribution < -0.4 is 10.9 Å². The quantitative estimate of drug-likeness (QED) is 0.661. The highest BCUT2D eigenvalue weighted by Crippen LogP contribution is 1.84. The molecule has 0 aliphatic carbocycles. The first-order valence-corrected chi connectivity index (χ1v) is 4.97. The van der Waals surface area contributed by atoms with Gasteiger partial charge in [-0.15, -0.1) is 0 Å². The average molecular weight is 211 g/mol. The van der Waals surface area contributed by atoms with E-state index in [1.165, 1.54) is 6.07 Å². The van der Waals surface area contributed by atoms with E-state index in [0.29, 0.717) is 13.2 Å². The van der Waals surface area contributed by atoms with Gasteiger partial charge in [0.2, 0.25) is 0 Å². The molecule has 0 unspecified atom stereocenters. The summed E-state index contributed by atoms with van der Waals surface area (Å²) in [6, 6.07) is 1.54. The summed E-state index contributed by atoms with van der Waals surface area (Å²) in [5.41, 5.74) is 0.750. The summed E-state index contributed by atoms with van der Waals surface area (Å²) in [6.45, 7) is 4.66. The van der Waals surface area contributed by atoms with Crippen molar-refractivity contribution in [2.24, 2.45) is 0 Å².